The second kappa shape index (κ2) is 10.5. The van der Waals surface area contributed by atoms with Crippen LogP contribution >= 0.6 is 0 Å². The monoisotopic (exact) mass is 248 g/mol. The van der Waals surface area contributed by atoms with Crippen LogP contribution < -0.4 is 16.4 Å². The molecule has 0 fully saturated rings. The minimum Gasteiger partial charge on any atom is -0.370 e. The first-order valence-electron chi connectivity index (χ1n) is 4.99. The van der Waals surface area contributed by atoms with E-state index in [9.17, 15) is 0 Å². The van der Waals surface area contributed by atoms with Crippen LogP contribution in [0.15, 0.2) is 4.99 Å². The van der Waals surface area contributed by atoms with Crippen LogP contribution in [0.5, 0.6) is 0 Å². The zero-order valence-electron chi connectivity index (χ0n) is 10.2. The minimum absolute atomic E-state index is 0.0998. The lowest BCUT2D eigenvalue weighted by Gasteiger charge is -2.09. The fraction of sp³-hybridized carbons (Fsp3) is 0.750. The molecule has 0 spiro atoms. The Kier molecular flexibility index (Phi) is 10.7. The van der Waals surface area contributed by atoms with Gasteiger partial charge >= 0.3 is 0 Å². The second-order valence-electron chi connectivity index (χ2n) is 3.23. The third kappa shape index (κ3) is 16.6. The lowest BCUT2D eigenvalue weighted by atomic mass is 10.1. The van der Waals surface area contributed by atoms with Crippen LogP contribution in [-0.2, 0) is 0 Å². The summed E-state index contributed by atoms with van der Waals surface area (Å²) in [5.41, 5.74) is 5.16. The smallest absolute Gasteiger partial charge is 0.291 e. The van der Waals surface area contributed by atoms with Crippen molar-refractivity contribution in [1.29, 1.82) is 5.41 Å². The third-order valence-corrected chi connectivity index (χ3v) is 1.75. The summed E-state index contributed by atoms with van der Waals surface area (Å²) in [7, 11) is 1.74. The highest BCUT2D eigenvalue weighted by Crippen LogP contribution is 1.99. The molecule has 0 bridgehead atoms. The molecule has 0 saturated carbocycles. The standard InChI is InChI=1S/C8H19N5.HNO3/c1-4-6(2)5-12-8(11-3)13-7(9)10;2-1(3)4/h6H,4-5H2,1-3H3,(H5,9,10,11,12,13);(H,2,3,4). The van der Waals surface area contributed by atoms with Crippen molar-refractivity contribution in [2.45, 2.75) is 20.3 Å². The molecular formula is C8H20N6O3. The van der Waals surface area contributed by atoms with Crippen LogP contribution in [-0.4, -0.2) is 35.8 Å². The highest BCUT2D eigenvalue weighted by Gasteiger charge is 1.99. The Balaban J connectivity index is 0. The van der Waals surface area contributed by atoms with Gasteiger partial charge in [-0.05, 0) is 5.92 Å². The number of rotatable bonds is 3. The molecule has 6 N–H and O–H groups in total. The maximum atomic E-state index is 8.36. The Morgan fingerprint density at radius 1 is 1.71 bits per heavy atom. The van der Waals surface area contributed by atoms with Gasteiger partial charge in [-0.15, -0.1) is 10.1 Å². The molecule has 0 aromatic carbocycles. The summed E-state index contributed by atoms with van der Waals surface area (Å²) in [6, 6.07) is 0. The normalized spacial score (nSPS) is 11.8. The van der Waals surface area contributed by atoms with Crippen LogP contribution in [0.3, 0.4) is 0 Å². The number of guanidine groups is 2. The molecule has 0 aliphatic carbocycles. The van der Waals surface area contributed by atoms with E-state index >= 15 is 0 Å². The molecule has 1 unspecified atom stereocenters. The average Bonchev–Trinajstić information content (AvgIpc) is 2.22. The van der Waals surface area contributed by atoms with Gasteiger partial charge in [-0.3, -0.25) is 15.7 Å². The lowest BCUT2D eigenvalue weighted by molar-refractivity contribution is -0.742. The molecule has 0 radical (unpaired) electrons. The molecule has 0 aromatic rings. The van der Waals surface area contributed by atoms with Gasteiger partial charge in [0.1, 0.15) is 0 Å². The fourth-order valence-electron chi connectivity index (χ4n) is 0.685. The molecule has 0 heterocycles. The van der Waals surface area contributed by atoms with Crippen molar-refractivity contribution in [2.24, 2.45) is 16.6 Å². The molecule has 0 aliphatic heterocycles. The Bertz CT molecular complexity index is 264. The van der Waals surface area contributed by atoms with Crippen LogP contribution in [0.4, 0.5) is 0 Å². The maximum Gasteiger partial charge on any atom is 0.291 e. The summed E-state index contributed by atoms with van der Waals surface area (Å²) < 4.78 is 0. The maximum absolute atomic E-state index is 8.36. The molecule has 0 amide bonds. The van der Waals surface area contributed by atoms with Gasteiger partial charge in [0.15, 0.2) is 11.9 Å². The van der Waals surface area contributed by atoms with Crippen LogP contribution in [0.25, 0.3) is 0 Å². The van der Waals surface area contributed by atoms with Gasteiger partial charge < -0.3 is 16.3 Å². The number of hydrogen-bond donors (Lipinski definition) is 5. The van der Waals surface area contributed by atoms with E-state index < -0.39 is 5.09 Å². The molecule has 0 rings (SSSR count). The first-order valence-corrected chi connectivity index (χ1v) is 4.99. The molecule has 0 aliphatic rings. The molecule has 100 valence electrons. The Morgan fingerprint density at radius 3 is 2.47 bits per heavy atom. The summed E-state index contributed by atoms with van der Waals surface area (Å²) in [5.74, 6) is 1.00. The Labute approximate surface area is 99.7 Å². The van der Waals surface area contributed by atoms with E-state index in [1.807, 2.05) is 0 Å². The van der Waals surface area contributed by atoms with Crippen LogP contribution in [0.2, 0.25) is 0 Å². The van der Waals surface area contributed by atoms with E-state index in [0.717, 1.165) is 13.0 Å². The first-order chi connectivity index (χ1) is 7.83. The lowest BCUT2D eigenvalue weighted by Crippen LogP contribution is -2.42. The van der Waals surface area contributed by atoms with E-state index in [-0.39, 0.29) is 5.96 Å². The summed E-state index contributed by atoms with van der Waals surface area (Å²) in [6.07, 6.45) is 1.10. The second-order valence-corrected chi connectivity index (χ2v) is 3.23. The largest absolute Gasteiger partial charge is 0.370 e. The third-order valence-electron chi connectivity index (χ3n) is 1.75. The molecule has 9 heteroatoms. The quantitative estimate of drug-likeness (QED) is 0.201. The zero-order valence-corrected chi connectivity index (χ0v) is 10.2. The number of nitrogens with zero attached hydrogens (tertiary/aromatic N) is 2. The van der Waals surface area contributed by atoms with Crippen molar-refractivity contribution in [3.05, 3.63) is 10.1 Å². The SMILES string of the molecule is CCC(C)C/N=C(\NC)NC(=N)N.O=[N+]([O-])O. The Morgan fingerprint density at radius 2 is 2.18 bits per heavy atom. The number of hydrogen-bond acceptors (Lipinski definition) is 4. The van der Waals surface area contributed by atoms with E-state index in [4.69, 9.17) is 26.5 Å². The van der Waals surface area contributed by atoms with Crippen molar-refractivity contribution >= 4 is 11.9 Å². The molecule has 9 nitrogen and oxygen atoms in total. The minimum atomic E-state index is -1.50. The molecule has 0 saturated heterocycles. The van der Waals surface area contributed by atoms with Gasteiger partial charge in [0.2, 0.25) is 0 Å². The van der Waals surface area contributed by atoms with Crippen molar-refractivity contribution in [2.75, 3.05) is 13.6 Å². The summed E-state index contributed by atoms with van der Waals surface area (Å²) in [5, 5.41) is 26.1. The molecule has 0 aromatic heterocycles. The van der Waals surface area contributed by atoms with Gasteiger partial charge in [-0.1, -0.05) is 20.3 Å². The zero-order chi connectivity index (χ0) is 13.8. The van der Waals surface area contributed by atoms with E-state index in [2.05, 4.69) is 29.5 Å². The topological polar surface area (TPSA) is 150 Å². The van der Waals surface area contributed by atoms with Gasteiger partial charge in [-0.25, -0.2) is 0 Å². The fourth-order valence-corrected chi connectivity index (χ4v) is 0.685. The average molecular weight is 248 g/mol. The van der Waals surface area contributed by atoms with Crippen LogP contribution in [0, 0.1) is 21.4 Å². The number of aliphatic imine (C=N–C) groups is 1. The first kappa shape index (κ1) is 17.3. The van der Waals surface area contributed by atoms with Crippen molar-refractivity contribution in [1.82, 2.24) is 10.6 Å². The van der Waals surface area contributed by atoms with Gasteiger partial charge in [0, 0.05) is 13.6 Å². The van der Waals surface area contributed by atoms with Crippen LogP contribution in [0.1, 0.15) is 20.3 Å². The van der Waals surface area contributed by atoms with Crippen molar-refractivity contribution in [3.8, 4) is 0 Å². The molecule has 1 atom stereocenters. The van der Waals surface area contributed by atoms with E-state index in [0.29, 0.717) is 11.9 Å². The van der Waals surface area contributed by atoms with E-state index in [1.54, 1.807) is 7.05 Å². The predicted octanol–water partition coefficient (Wildman–Crippen LogP) is -0.257. The highest BCUT2D eigenvalue weighted by molar-refractivity contribution is 5.96. The van der Waals surface area contributed by atoms with Crippen molar-refractivity contribution < 1.29 is 10.3 Å². The summed E-state index contributed by atoms with van der Waals surface area (Å²) in [4.78, 5) is 12.6. The van der Waals surface area contributed by atoms with Crippen molar-refractivity contribution in [3.63, 3.8) is 0 Å². The summed E-state index contributed by atoms with van der Waals surface area (Å²) in [6.45, 7) is 5.00. The number of nitrogens with one attached hydrogen (secondary N) is 3. The van der Waals surface area contributed by atoms with Gasteiger partial charge in [0.25, 0.3) is 5.09 Å². The number of nitrogens with two attached hydrogens (primary N) is 1. The van der Waals surface area contributed by atoms with E-state index in [1.165, 1.54) is 0 Å². The molecular weight excluding hydrogens is 228 g/mol. The Hall–Kier alpha value is -2.06. The van der Waals surface area contributed by atoms with Gasteiger partial charge in [0.05, 0.1) is 0 Å². The summed E-state index contributed by atoms with van der Waals surface area (Å²) >= 11 is 0. The van der Waals surface area contributed by atoms with Gasteiger partial charge in [-0.2, -0.15) is 0 Å². The molecule has 17 heavy (non-hydrogen) atoms. The highest BCUT2D eigenvalue weighted by atomic mass is 16.9. The predicted molar refractivity (Wildman–Crippen MR) is 64.6 cm³/mol.